The summed E-state index contributed by atoms with van der Waals surface area (Å²) >= 11 is 6.20. The zero-order valence-corrected chi connectivity index (χ0v) is 22.2. The van der Waals surface area contributed by atoms with Crippen LogP contribution in [-0.2, 0) is 20.8 Å². The summed E-state index contributed by atoms with van der Waals surface area (Å²) in [6.45, 7) is 2.00. The van der Waals surface area contributed by atoms with Gasteiger partial charge in [0.15, 0.2) is 5.58 Å². The monoisotopic (exact) mass is 546 g/mol. The maximum Gasteiger partial charge on any atom is 0.308 e. The second-order valence-corrected chi connectivity index (χ2v) is 10.0. The predicted molar refractivity (Wildman–Crippen MR) is 148 cm³/mol. The first-order valence-electron chi connectivity index (χ1n) is 12.5. The van der Waals surface area contributed by atoms with Gasteiger partial charge >= 0.3 is 5.97 Å². The fourth-order valence-corrected chi connectivity index (χ4v) is 5.02. The largest absolute Gasteiger partial charge is 0.481 e. The maximum atomic E-state index is 13.1. The van der Waals surface area contributed by atoms with Crippen molar-refractivity contribution in [3.05, 3.63) is 82.9 Å². The number of carboxylic acids is 1. The minimum Gasteiger partial charge on any atom is -0.481 e. The first-order valence-corrected chi connectivity index (χ1v) is 12.8. The van der Waals surface area contributed by atoms with Crippen molar-refractivity contribution in [1.82, 2.24) is 9.88 Å². The number of hydrogen-bond acceptors (Lipinski definition) is 6. The van der Waals surface area contributed by atoms with E-state index in [4.69, 9.17) is 16.0 Å². The SMILES string of the molecule is CC(=O)N1CC(C(=O)O)C(c2ccc(N(C)C(=O)Cc3ccc4nc(Nc5ccccc5Cl)oc4c3)cc2)C1. The molecule has 1 aliphatic heterocycles. The van der Waals surface area contributed by atoms with Gasteiger partial charge in [0.1, 0.15) is 5.52 Å². The Bertz CT molecular complexity index is 1550. The van der Waals surface area contributed by atoms with Crippen molar-refractivity contribution in [2.75, 3.05) is 30.4 Å². The number of anilines is 3. The molecule has 4 aromatic rings. The highest BCUT2D eigenvalue weighted by Crippen LogP contribution is 2.34. The summed E-state index contributed by atoms with van der Waals surface area (Å²) in [5.41, 5.74) is 4.16. The molecular weight excluding hydrogens is 520 g/mol. The highest BCUT2D eigenvalue weighted by Gasteiger charge is 2.39. The number of amides is 2. The molecule has 0 aliphatic carbocycles. The Morgan fingerprint density at radius 2 is 1.85 bits per heavy atom. The van der Waals surface area contributed by atoms with Crippen molar-refractivity contribution in [2.24, 2.45) is 5.92 Å². The van der Waals surface area contributed by atoms with Crippen LogP contribution in [0.1, 0.15) is 24.0 Å². The molecule has 0 bridgehead atoms. The van der Waals surface area contributed by atoms with Crippen molar-refractivity contribution in [3.8, 4) is 0 Å². The normalized spacial score (nSPS) is 16.8. The van der Waals surface area contributed by atoms with Crippen molar-refractivity contribution in [2.45, 2.75) is 19.3 Å². The van der Waals surface area contributed by atoms with E-state index in [9.17, 15) is 19.5 Å². The van der Waals surface area contributed by atoms with Crippen molar-refractivity contribution in [3.63, 3.8) is 0 Å². The number of carboxylic acid groups (broad SMARTS) is 1. The Kier molecular flexibility index (Phi) is 7.26. The summed E-state index contributed by atoms with van der Waals surface area (Å²) in [6.07, 6.45) is 0.152. The number of para-hydroxylation sites is 1. The van der Waals surface area contributed by atoms with Gasteiger partial charge in [-0.1, -0.05) is 41.9 Å². The van der Waals surface area contributed by atoms with Gasteiger partial charge in [-0.25, -0.2) is 0 Å². The Hall–Kier alpha value is -4.37. The van der Waals surface area contributed by atoms with Gasteiger partial charge < -0.3 is 24.6 Å². The summed E-state index contributed by atoms with van der Waals surface area (Å²) in [5.74, 6) is -2.14. The van der Waals surface area contributed by atoms with E-state index in [1.807, 2.05) is 36.4 Å². The lowest BCUT2D eigenvalue weighted by Gasteiger charge is -2.20. The van der Waals surface area contributed by atoms with Crippen LogP contribution in [0, 0.1) is 5.92 Å². The van der Waals surface area contributed by atoms with Crippen LogP contribution in [0.4, 0.5) is 17.4 Å². The van der Waals surface area contributed by atoms with Gasteiger partial charge in [0.2, 0.25) is 11.8 Å². The van der Waals surface area contributed by atoms with Crippen molar-refractivity contribution >= 4 is 57.9 Å². The number of likely N-dealkylation sites (tertiary alicyclic amines) is 1. The number of aliphatic carboxylic acids is 1. The third kappa shape index (κ3) is 5.58. The number of halogens is 1. The van der Waals surface area contributed by atoms with E-state index in [-0.39, 0.29) is 30.7 Å². The average molecular weight is 547 g/mol. The van der Waals surface area contributed by atoms with E-state index < -0.39 is 11.9 Å². The van der Waals surface area contributed by atoms with Gasteiger partial charge in [0.25, 0.3) is 6.01 Å². The third-order valence-corrected chi connectivity index (χ3v) is 7.42. The molecule has 0 spiro atoms. The van der Waals surface area contributed by atoms with Crippen molar-refractivity contribution in [1.29, 1.82) is 0 Å². The van der Waals surface area contributed by atoms with Gasteiger partial charge in [0, 0.05) is 38.7 Å². The second-order valence-electron chi connectivity index (χ2n) is 9.62. The molecule has 1 aromatic heterocycles. The Labute approximate surface area is 230 Å². The number of carbonyl (C=O) groups is 3. The fraction of sp³-hybridized carbons (Fsp3) is 0.241. The summed E-state index contributed by atoms with van der Waals surface area (Å²) < 4.78 is 5.83. The lowest BCUT2D eigenvalue weighted by Crippen LogP contribution is -2.28. The molecule has 5 rings (SSSR count). The second kappa shape index (κ2) is 10.8. The highest BCUT2D eigenvalue weighted by atomic mass is 35.5. The number of fused-ring (bicyclic) bond motifs is 1. The first kappa shape index (κ1) is 26.2. The van der Waals surface area contributed by atoms with Crippen LogP contribution in [0.25, 0.3) is 11.1 Å². The number of hydrogen-bond donors (Lipinski definition) is 2. The number of nitrogens with zero attached hydrogens (tertiary/aromatic N) is 3. The van der Waals surface area contributed by atoms with E-state index in [0.717, 1.165) is 11.1 Å². The molecule has 2 heterocycles. The molecule has 200 valence electrons. The minimum atomic E-state index is -0.921. The van der Waals surface area contributed by atoms with E-state index in [1.54, 1.807) is 47.2 Å². The molecule has 2 unspecified atom stereocenters. The summed E-state index contributed by atoms with van der Waals surface area (Å²) in [6, 6.07) is 20.3. The zero-order valence-electron chi connectivity index (χ0n) is 21.4. The van der Waals surface area contributed by atoms with Crippen LogP contribution < -0.4 is 10.2 Å². The van der Waals surface area contributed by atoms with Crippen LogP contribution in [0.5, 0.6) is 0 Å². The lowest BCUT2D eigenvalue weighted by atomic mass is 9.89. The number of benzene rings is 3. The minimum absolute atomic E-state index is 0.122. The van der Waals surface area contributed by atoms with Crippen LogP contribution in [0.3, 0.4) is 0 Å². The standard InChI is InChI=1S/C29H27ClN4O5/c1-17(35)34-15-21(22(16-34)28(37)38)19-8-10-20(11-9-19)33(2)27(36)14-18-7-12-25-26(13-18)39-29(32-25)31-24-6-4-3-5-23(24)30/h3-13,21-22H,14-16H2,1-2H3,(H,31,32)(H,37,38). The number of carbonyl (C=O) groups excluding carboxylic acids is 2. The molecule has 9 nitrogen and oxygen atoms in total. The Balaban J connectivity index is 1.26. The third-order valence-electron chi connectivity index (χ3n) is 7.09. The van der Waals surface area contributed by atoms with Crippen LogP contribution in [0.15, 0.2) is 71.1 Å². The molecule has 1 fully saturated rings. The number of aromatic nitrogens is 1. The van der Waals surface area contributed by atoms with Gasteiger partial charge in [-0.2, -0.15) is 4.98 Å². The molecule has 1 aliphatic rings. The molecule has 2 atom stereocenters. The summed E-state index contributed by atoms with van der Waals surface area (Å²) in [4.78, 5) is 44.2. The predicted octanol–water partition coefficient (Wildman–Crippen LogP) is 5.08. The van der Waals surface area contributed by atoms with Crippen LogP contribution in [0.2, 0.25) is 5.02 Å². The van der Waals surface area contributed by atoms with Crippen LogP contribution >= 0.6 is 11.6 Å². The summed E-state index contributed by atoms with van der Waals surface area (Å²) in [7, 11) is 1.70. The molecule has 0 radical (unpaired) electrons. The quantitative estimate of drug-likeness (QED) is 0.332. The molecular formula is C29H27ClN4O5. The highest BCUT2D eigenvalue weighted by molar-refractivity contribution is 6.33. The Morgan fingerprint density at radius 1 is 1.10 bits per heavy atom. The molecule has 3 aromatic carbocycles. The molecule has 1 saturated heterocycles. The molecule has 39 heavy (non-hydrogen) atoms. The van der Waals surface area contributed by atoms with E-state index >= 15 is 0 Å². The number of rotatable bonds is 7. The summed E-state index contributed by atoms with van der Waals surface area (Å²) in [5, 5.41) is 13.2. The molecule has 10 heteroatoms. The number of oxazole rings is 1. The molecule has 0 saturated carbocycles. The lowest BCUT2D eigenvalue weighted by molar-refractivity contribution is -0.141. The molecule has 2 amide bonds. The first-order chi connectivity index (χ1) is 18.7. The van der Waals surface area contributed by atoms with E-state index in [2.05, 4.69) is 10.3 Å². The maximum absolute atomic E-state index is 13.1. The van der Waals surface area contributed by atoms with E-state index in [0.29, 0.717) is 40.1 Å². The number of likely N-dealkylation sites (N-methyl/N-ethyl adjacent to an activating group) is 1. The molecule has 2 N–H and O–H groups in total. The van der Waals surface area contributed by atoms with Gasteiger partial charge in [-0.05, 0) is 47.5 Å². The fourth-order valence-electron chi connectivity index (χ4n) is 4.84. The smallest absolute Gasteiger partial charge is 0.308 e. The van der Waals surface area contributed by atoms with Crippen molar-refractivity contribution < 1.29 is 23.9 Å². The van der Waals surface area contributed by atoms with Gasteiger partial charge in [0.05, 0.1) is 23.0 Å². The van der Waals surface area contributed by atoms with Crippen LogP contribution in [-0.4, -0.2) is 52.9 Å². The topological polar surface area (TPSA) is 116 Å². The van der Waals surface area contributed by atoms with E-state index in [1.165, 1.54) is 6.92 Å². The zero-order chi connectivity index (χ0) is 27.7. The Morgan fingerprint density at radius 3 is 2.54 bits per heavy atom. The van der Waals surface area contributed by atoms with Gasteiger partial charge in [-0.3, -0.25) is 14.4 Å². The van der Waals surface area contributed by atoms with Gasteiger partial charge in [-0.15, -0.1) is 0 Å². The average Bonchev–Trinajstić information content (AvgIpc) is 3.54. The number of nitrogens with one attached hydrogen (secondary N) is 1.